The van der Waals surface area contributed by atoms with Gasteiger partial charge in [-0.1, -0.05) is 84.0 Å². The van der Waals surface area contributed by atoms with Crippen molar-refractivity contribution in [2.24, 2.45) is 0 Å². The molecule has 3 heteroatoms. The topological polar surface area (TPSA) is 49.8 Å². The van der Waals surface area contributed by atoms with E-state index in [0.29, 0.717) is 25.0 Å². The number of aliphatic hydroxyl groups excluding tert-OH is 1. The summed E-state index contributed by atoms with van der Waals surface area (Å²) in [6.07, 6.45) is 3.24. The van der Waals surface area contributed by atoms with Gasteiger partial charge in [0.05, 0.1) is 12.2 Å². The van der Waals surface area contributed by atoms with Crippen molar-refractivity contribution >= 4 is 11.4 Å². The number of carbonyl (C=O) groups is 1. The number of hydrogen-bond donors (Lipinski definition) is 1. The van der Waals surface area contributed by atoms with Crippen molar-refractivity contribution < 1.29 is 14.6 Å². The molecule has 3 nitrogen and oxygen atoms in total. The Morgan fingerprint density at radius 1 is 0.812 bits per heavy atom. The van der Waals surface area contributed by atoms with Gasteiger partial charge in [-0.25, -0.2) is 0 Å². The lowest BCUT2D eigenvalue weighted by molar-refractivity contribution is -0.113. The first-order valence-corrected chi connectivity index (χ1v) is 12.0. The average molecular weight is 433 g/mol. The number of benzene rings is 2. The summed E-state index contributed by atoms with van der Waals surface area (Å²) in [6, 6.07) is 14.9. The smallest absolute Gasteiger partial charge is 0.167 e. The van der Waals surface area contributed by atoms with Crippen LogP contribution in [0.5, 0.6) is 0 Å². The van der Waals surface area contributed by atoms with Gasteiger partial charge in [-0.2, -0.15) is 0 Å². The molecule has 1 fully saturated rings. The van der Waals surface area contributed by atoms with Crippen LogP contribution in [0.1, 0.15) is 95.0 Å². The van der Waals surface area contributed by atoms with E-state index >= 15 is 0 Å². The lowest BCUT2D eigenvalue weighted by atomic mass is 9.62. The fourth-order valence-corrected chi connectivity index (χ4v) is 5.29. The Bertz CT molecular complexity index is 1070. The highest BCUT2D eigenvalue weighted by molar-refractivity contribution is 6.23. The van der Waals surface area contributed by atoms with Gasteiger partial charge in [-0.3, -0.25) is 4.79 Å². The molecular weight excluding hydrogens is 396 g/mol. The van der Waals surface area contributed by atoms with E-state index in [1.807, 2.05) is 38.1 Å². The summed E-state index contributed by atoms with van der Waals surface area (Å²) in [5, 5.41) is 10.1. The minimum absolute atomic E-state index is 0.0252. The van der Waals surface area contributed by atoms with Gasteiger partial charge in [0.1, 0.15) is 11.4 Å². The van der Waals surface area contributed by atoms with Crippen molar-refractivity contribution in [1.29, 1.82) is 0 Å². The molecule has 1 atom stereocenters. The minimum atomic E-state index is -0.401. The Kier molecular flexibility index (Phi) is 5.61. The largest absolute Gasteiger partial charge is 0.512 e. The van der Waals surface area contributed by atoms with Gasteiger partial charge < -0.3 is 9.84 Å². The first-order chi connectivity index (χ1) is 15.1. The van der Waals surface area contributed by atoms with Crippen molar-refractivity contribution in [2.75, 3.05) is 6.61 Å². The molecule has 0 amide bonds. The van der Waals surface area contributed by atoms with Crippen LogP contribution < -0.4 is 0 Å². The molecule has 1 aliphatic heterocycles. The minimum Gasteiger partial charge on any atom is -0.512 e. The van der Waals surface area contributed by atoms with E-state index in [1.165, 1.54) is 29.5 Å². The molecule has 32 heavy (non-hydrogen) atoms. The van der Waals surface area contributed by atoms with Gasteiger partial charge in [-0.15, -0.1) is 0 Å². The average Bonchev–Trinajstić information content (AvgIpc) is 3.53. The lowest BCUT2D eigenvalue weighted by Gasteiger charge is -2.42. The molecule has 1 unspecified atom stereocenters. The molecule has 0 bridgehead atoms. The fraction of sp³-hybridized carbons (Fsp3) is 0.483. The van der Waals surface area contributed by atoms with Crippen LogP contribution in [-0.2, 0) is 26.0 Å². The number of Topliss-reactive ketones (excluding diaryl/α,β-unsaturated/α-hetero) is 1. The van der Waals surface area contributed by atoms with E-state index in [0.717, 1.165) is 11.1 Å². The SMILES string of the molecule is CC.CC1(C)CCC(C)(C)c2cc(C3(c4ccc(C5=C(O)CCC5=O)cc4)CO3)ccc21. The van der Waals surface area contributed by atoms with Crippen molar-refractivity contribution in [3.63, 3.8) is 0 Å². The number of fused-ring (bicyclic) bond motifs is 1. The van der Waals surface area contributed by atoms with Crippen molar-refractivity contribution in [2.45, 2.75) is 83.7 Å². The van der Waals surface area contributed by atoms with Gasteiger partial charge >= 0.3 is 0 Å². The molecule has 2 aromatic carbocycles. The molecule has 1 N–H and O–H groups in total. The third-order valence-electron chi connectivity index (χ3n) is 7.55. The summed E-state index contributed by atoms with van der Waals surface area (Å²) in [4.78, 5) is 12.1. The highest BCUT2D eigenvalue weighted by Crippen LogP contribution is 2.50. The Hall–Kier alpha value is -2.39. The van der Waals surface area contributed by atoms with Gasteiger partial charge in [0, 0.05) is 12.8 Å². The Labute approximate surface area is 192 Å². The molecule has 0 aromatic heterocycles. The van der Waals surface area contributed by atoms with Crippen LogP contribution in [0, 0.1) is 0 Å². The predicted molar refractivity (Wildman–Crippen MR) is 130 cm³/mol. The van der Waals surface area contributed by atoms with Gasteiger partial charge in [0.15, 0.2) is 5.78 Å². The molecule has 1 heterocycles. The number of hydrogen-bond acceptors (Lipinski definition) is 3. The third kappa shape index (κ3) is 3.61. The first-order valence-electron chi connectivity index (χ1n) is 12.0. The molecule has 2 aromatic rings. The van der Waals surface area contributed by atoms with Crippen molar-refractivity contribution in [1.82, 2.24) is 0 Å². The number of aliphatic hydroxyl groups is 1. The van der Waals surface area contributed by atoms with E-state index in [9.17, 15) is 9.90 Å². The maximum atomic E-state index is 12.1. The second-order valence-corrected chi connectivity index (χ2v) is 10.5. The van der Waals surface area contributed by atoms with Crippen LogP contribution in [0.3, 0.4) is 0 Å². The summed E-state index contributed by atoms with van der Waals surface area (Å²) in [5.74, 6) is 0.238. The van der Waals surface area contributed by atoms with E-state index in [2.05, 4.69) is 45.9 Å². The number of rotatable bonds is 3. The summed E-state index contributed by atoms with van der Waals surface area (Å²) in [6.45, 7) is 14.0. The zero-order valence-corrected chi connectivity index (χ0v) is 20.3. The lowest BCUT2D eigenvalue weighted by Crippen LogP contribution is -2.34. The number of allylic oxidation sites excluding steroid dienone is 2. The normalized spacial score (nSPS) is 25.1. The Balaban J connectivity index is 0.00000119. The molecular formula is C29H36O3. The van der Waals surface area contributed by atoms with Crippen LogP contribution in [0.15, 0.2) is 48.2 Å². The van der Waals surface area contributed by atoms with Crippen molar-refractivity contribution in [3.05, 3.63) is 76.0 Å². The zero-order chi connectivity index (χ0) is 23.3. The predicted octanol–water partition coefficient (Wildman–Crippen LogP) is 6.97. The van der Waals surface area contributed by atoms with Gasteiger partial charge in [0.25, 0.3) is 0 Å². The Morgan fingerprint density at radius 3 is 1.91 bits per heavy atom. The van der Waals surface area contributed by atoms with Gasteiger partial charge in [0.2, 0.25) is 0 Å². The van der Waals surface area contributed by atoms with Crippen LogP contribution in [-0.4, -0.2) is 17.5 Å². The molecule has 170 valence electrons. The maximum Gasteiger partial charge on any atom is 0.167 e. The zero-order valence-electron chi connectivity index (χ0n) is 20.3. The summed E-state index contributed by atoms with van der Waals surface area (Å²) in [5.41, 5.74) is 6.43. The molecule has 0 saturated carbocycles. The molecule has 1 saturated heterocycles. The summed E-state index contributed by atoms with van der Waals surface area (Å²) < 4.78 is 6.06. The first kappa shape index (κ1) is 22.8. The van der Waals surface area contributed by atoms with E-state index in [-0.39, 0.29) is 22.4 Å². The van der Waals surface area contributed by atoms with E-state index < -0.39 is 5.60 Å². The highest BCUT2D eigenvalue weighted by Gasteiger charge is 2.49. The van der Waals surface area contributed by atoms with E-state index in [1.54, 1.807) is 0 Å². The number of ether oxygens (including phenoxy) is 1. The molecule has 2 aliphatic carbocycles. The highest BCUT2D eigenvalue weighted by atomic mass is 16.6. The van der Waals surface area contributed by atoms with Crippen LogP contribution in [0.25, 0.3) is 5.57 Å². The fourth-order valence-electron chi connectivity index (χ4n) is 5.29. The van der Waals surface area contributed by atoms with E-state index in [4.69, 9.17) is 4.74 Å². The second-order valence-electron chi connectivity index (χ2n) is 10.5. The van der Waals surface area contributed by atoms with Crippen LogP contribution in [0.2, 0.25) is 0 Å². The number of epoxide rings is 1. The summed E-state index contributed by atoms with van der Waals surface area (Å²) in [7, 11) is 0. The Morgan fingerprint density at radius 2 is 1.38 bits per heavy atom. The van der Waals surface area contributed by atoms with Gasteiger partial charge in [-0.05, 0) is 51.5 Å². The molecule has 5 rings (SSSR count). The molecule has 0 spiro atoms. The second kappa shape index (κ2) is 7.88. The quantitative estimate of drug-likeness (QED) is 0.533. The number of carbonyl (C=O) groups excluding carboxylic acids is 1. The summed E-state index contributed by atoms with van der Waals surface area (Å²) >= 11 is 0. The standard InChI is InChI=1S/C27H30O3.C2H6/c1-25(2)13-14-26(3,4)21-15-19(9-10-20(21)25)27(16-30-27)18-7-5-17(6-8-18)24-22(28)11-12-23(24)29;1-2/h5-10,15,28H,11-14,16H2,1-4H3;1-2H3. The number of ketones is 1. The van der Waals surface area contributed by atoms with Crippen LogP contribution in [0.4, 0.5) is 0 Å². The van der Waals surface area contributed by atoms with Crippen molar-refractivity contribution in [3.8, 4) is 0 Å². The third-order valence-corrected chi connectivity index (χ3v) is 7.55. The van der Waals surface area contributed by atoms with Crippen LogP contribution >= 0.6 is 0 Å². The monoisotopic (exact) mass is 432 g/mol. The maximum absolute atomic E-state index is 12.1. The molecule has 3 aliphatic rings. The molecule has 0 radical (unpaired) electrons.